The average Bonchev–Trinajstić information content (AvgIpc) is 2.26. The predicted molar refractivity (Wildman–Crippen MR) is 55.7 cm³/mol. The van der Waals surface area contributed by atoms with E-state index in [-0.39, 0.29) is 6.42 Å². The van der Waals surface area contributed by atoms with Gasteiger partial charge in [-0.25, -0.2) is 4.79 Å². The van der Waals surface area contributed by atoms with Crippen molar-refractivity contribution in [1.82, 2.24) is 0 Å². The summed E-state index contributed by atoms with van der Waals surface area (Å²) in [5.41, 5.74) is -3.24. The largest absolute Gasteiger partial charge is 0.480 e. The van der Waals surface area contributed by atoms with Crippen molar-refractivity contribution < 1.29 is 39.2 Å². The van der Waals surface area contributed by atoms with Gasteiger partial charge in [-0.2, -0.15) is 0 Å². The second-order valence-electron chi connectivity index (χ2n) is 3.26. The molecule has 0 saturated carbocycles. The molecule has 8 nitrogen and oxygen atoms in total. The third-order valence-electron chi connectivity index (χ3n) is 2.29. The van der Waals surface area contributed by atoms with Crippen molar-refractivity contribution in [3.63, 3.8) is 0 Å². The first-order chi connectivity index (χ1) is 8.24. The minimum absolute atomic E-state index is 0.301. The molecule has 8 heteroatoms. The van der Waals surface area contributed by atoms with Gasteiger partial charge < -0.3 is 20.1 Å². The molecule has 1 atom stereocenters. The number of esters is 1. The third kappa shape index (κ3) is 2.47. The Hall–Kier alpha value is -2.38. The van der Waals surface area contributed by atoms with Gasteiger partial charge >= 0.3 is 23.9 Å². The standard InChI is InChI=1S/C10H12O8/c1-3-5(18-6(11)4-2)10(7(12)13,8(14)15)9(16)17/h4-5H,2-3H2,1H3,(H,12,13)(H,14,15)(H,16,17). The molecule has 3 N–H and O–H groups in total. The molecule has 0 aromatic carbocycles. The zero-order valence-electron chi connectivity index (χ0n) is 9.45. The molecule has 100 valence electrons. The zero-order valence-corrected chi connectivity index (χ0v) is 9.45. The van der Waals surface area contributed by atoms with E-state index in [1.54, 1.807) is 0 Å². The van der Waals surface area contributed by atoms with E-state index in [1.807, 2.05) is 0 Å². The van der Waals surface area contributed by atoms with Crippen molar-refractivity contribution in [2.75, 3.05) is 0 Å². The average molecular weight is 260 g/mol. The van der Waals surface area contributed by atoms with Crippen molar-refractivity contribution in [3.8, 4) is 0 Å². The Morgan fingerprint density at radius 3 is 1.78 bits per heavy atom. The smallest absolute Gasteiger partial charge is 0.336 e. The molecule has 0 aromatic rings. The van der Waals surface area contributed by atoms with E-state index in [0.717, 1.165) is 0 Å². The second-order valence-corrected chi connectivity index (χ2v) is 3.26. The number of carbonyl (C=O) groups excluding carboxylic acids is 1. The molecule has 0 heterocycles. The van der Waals surface area contributed by atoms with Gasteiger partial charge in [-0.05, 0) is 6.42 Å². The maximum atomic E-state index is 11.0. The number of carboxylic acids is 3. The summed E-state index contributed by atoms with van der Waals surface area (Å²) in [7, 11) is 0. The van der Waals surface area contributed by atoms with Gasteiger partial charge in [-0.15, -0.1) is 0 Å². The van der Waals surface area contributed by atoms with Gasteiger partial charge in [-0.3, -0.25) is 14.4 Å². The summed E-state index contributed by atoms with van der Waals surface area (Å²) in [5.74, 6) is -7.46. The Labute approximate surface area is 101 Å². The van der Waals surface area contributed by atoms with Gasteiger partial charge in [0, 0.05) is 6.08 Å². The lowest BCUT2D eigenvalue weighted by molar-refractivity contribution is -0.188. The van der Waals surface area contributed by atoms with E-state index in [9.17, 15) is 19.2 Å². The highest BCUT2D eigenvalue weighted by atomic mass is 16.6. The topological polar surface area (TPSA) is 138 Å². The van der Waals surface area contributed by atoms with E-state index in [1.165, 1.54) is 6.92 Å². The summed E-state index contributed by atoms with van der Waals surface area (Å²) in [6.07, 6.45) is -1.47. The number of hydrogen-bond acceptors (Lipinski definition) is 5. The zero-order chi connectivity index (χ0) is 14.5. The lowest BCUT2D eigenvalue weighted by Crippen LogP contribution is -2.56. The van der Waals surface area contributed by atoms with Crippen molar-refractivity contribution in [1.29, 1.82) is 0 Å². The van der Waals surface area contributed by atoms with Crippen LogP contribution in [0, 0.1) is 5.41 Å². The van der Waals surface area contributed by atoms with E-state index < -0.39 is 35.4 Å². The van der Waals surface area contributed by atoms with Gasteiger partial charge in [0.05, 0.1) is 0 Å². The molecule has 0 amide bonds. The van der Waals surface area contributed by atoms with Crippen molar-refractivity contribution >= 4 is 23.9 Å². The summed E-state index contributed by atoms with van der Waals surface area (Å²) < 4.78 is 4.50. The first-order valence-corrected chi connectivity index (χ1v) is 4.78. The molecule has 0 aromatic heterocycles. The van der Waals surface area contributed by atoms with E-state index in [2.05, 4.69) is 11.3 Å². The lowest BCUT2D eigenvalue weighted by Gasteiger charge is -2.28. The predicted octanol–water partition coefficient (Wildman–Crippen LogP) is -0.266. The van der Waals surface area contributed by atoms with Crippen LogP contribution >= 0.6 is 0 Å². The SMILES string of the molecule is C=CC(=O)OC(CC)C(C(=O)O)(C(=O)O)C(=O)O. The molecule has 0 fully saturated rings. The van der Waals surface area contributed by atoms with E-state index >= 15 is 0 Å². The first kappa shape index (κ1) is 15.6. The van der Waals surface area contributed by atoms with Gasteiger partial charge in [0.15, 0.2) is 0 Å². The number of carboxylic acid groups (broad SMARTS) is 3. The molecule has 0 aliphatic carbocycles. The molecule has 0 aliphatic rings. The fourth-order valence-electron chi connectivity index (χ4n) is 1.35. The van der Waals surface area contributed by atoms with E-state index in [4.69, 9.17) is 15.3 Å². The molecule has 0 radical (unpaired) electrons. The monoisotopic (exact) mass is 260 g/mol. The Morgan fingerprint density at radius 1 is 1.17 bits per heavy atom. The molecule has 0 bridgehead atoms. The molecular weight excluding hydrogens is 248 g/mol. The van der Waals surface area contributed by atoms with Crippen LogP contribution in [0.5, 0.6) is 0 Å². The Kier molecular flexibility index (Phi) is 5.03. The number of hydrogen-bond donors (Lipinski definition) is 3. The maximum Gasteiger partial charge on any atom is 0.336 e. The molecule has 0 spiro atoms. The van der Waals surface area contributed by atoms with Crippen LogP contribution < -0.4 is 0 Å². The van der Waals surface area contributed by atoms with Crippen molar-refractivity contribution in [2.24, 2.45) is 5.41 Å². The van der Waals surface area contributed by atoms with Crippen molar-refractivity contribution in [2.45, 2.75) is 19.4 Å². The second kappa shape index (κ2) is 5.80. The summed E-state index contributed by atoms with van der Waals surface area (Å²) in [5, 5.41) is 26.6. The fourth-order valence-corrected chi connectivity index (χ4v) is 1.35. The van der Waals surface area contributed by atoms with Crippen LogP contribution in [-0.4, -0.2) is 45.3 Å². The number of aliphatic carboxylic acids is 3. The Balaban J connectivity index is 5.73. The highest BCUT2D eigenvalue weighted by molar-refractivity contribution is 6.17. The van der Waals surface area contributed by atoms with Gasteiger partial charge in [-0.1, -0.05) is 13.5 Å². The first-order valence-electron chi connectivity index (χ1n) is 4.78. The Morgan fingerprint density at radius 2 is 1.56 bits per heavy atom. The number of ether oxygens (including phenoxy) is 1. The molecule has 18 heavy (non-hydrogen) atoms. The number of rotatable bonds is 7. The quantitative estimate of drug-likeness (QED) is 0.323. The highest BCUT2D eigenvalue weighted by Crippen LogP contribution is 2.29. The minimum atomic E-state index is -3.24. The molecular formula is C10H12O8. The van der Waals surface area contributed by atoms with Crippen molar-refractivity contribution in [3.05, 3.63) is 12.7 Å². The molecule has 0 rings (SSSR count). The van der Waals surface area contributed by atoms with Crippen LogP contribution in [0.15, 0.2) is 12.7 Å². The minimum Gasteiger partial charge on any atom is -0.480 e. The molecule has 0 aliphatic heterocycles. The van der Waals surface area contributed by atoms with Crippen LogP contribution in [0.1, 0.15) is 13.3 Å². The highest BCUT2D eigenvalue weighted by Gasteiger charge is 2.61. The van der Waals surface area contributed by atoms with Crippen LogP contribution in [0.2, 0.25) is 0 Å². The normalized spacial score (nSPS) is 12.3. The van der Waals surface area contributed by atoms with Gasteiger partial charge in [0.1, 0.15) is 6.10 Å². The lowest BCUT2D eigenvalue weighted by atomic mass is 9.80. The maximum absolute atomic E-state index is 11.0. The summed E-state index contributed by atoms with van der Waals surface area (Å²) in [4.78, 5) is 44.0. The van der Waals surface area contributed by atoms with Gasteiger partial charge in [0.25, 0.3) is 5.41 Å². The molecule has 0 saturated heterocycles. The van der Waals surface area contributed by atoms with E-state index in [0.29, 0.717) is 6.08 Å². The van der Waals surface area contributed by atoms with Crippen LogP contribution in [0.3, 0.4) is 0 Å². The summed E-state index contributed by atoms with van der Waals surface area (Å²) in [6, 6.07) is 0. The summed E-state index contributed by atoms with van der Waals surface area (Å²) >= 11 is 0. The van der Waals surface area contributed by atoms with Crippen LogP contribution in [0.25, 0.3) is 0 Å². The Bertz CT molecular complexity index is 361. The third-order valence-corrected chi connectivity index (χ3v) is 2.29. The summed E-state index contributed by atoms with van der Waals surface area (Å²) in [6.45, 7) is 4.34. The fraction of sp³-hybridized carbons (Fsp3) is 0.400. The number of carbonyl (C=O) groups is 4. The van der Waals surface area contributed by atoms with Crippen LogP contribution in [-0.2, 0) is 23.9 Å². The molecule has 1 unspecified atom stereocenters. The van der Waals surface area contributed by atoms with Gasteiger partial charge in [0.2, 0.25) is 0 Å². The van der Waals surface area contributed by atoms with Crippen LogP contribution in [0.4, 0.5) is 0 Å².